The predicted octanol–water partition coefficient (Wildman–Crippen LogP) is 3.22. The molecule has 2 aliphatic heterocycles. The van der Waals surface area contributed by atoms with E-state index in [9.17, 15) is 25.0 Å². The molecule has 11 heteroatoms. The van der Waals surface area contributed by atoms with E-state index in [1.165, 1.54) is 24.3 Å². The molecule has 0 N–H and O–H groups in total. The zero-order valence-corrected chi connectivity index (χ0v) is 18.8. The zero-order chi connectivity index (χ0) is 24.1. The van der Waals surface area contributed by atoms with E-state index < -0.39 is 4.92 Å². The molecule has 2 fully saturated rings. The number of piperidine rings is 1. The number of ether oxygens (including phenoxy) is 1. The van der Waals surface area contributed by atoms with Crippen LogP contribution in [0.1, 0.15) is 19.3 Å². The highest BCUT2D eigenvalue weighted by atomic mass is 16.6. The summed E-state index contributed by atoms with van der Waals surface area (Å²) in [6, 6.07) is 10.9. The number of rotatable bonds is 7. The maximum Gasteiger partial charge on any atom is 0.292 e. The molecule has 34 heavy (non-hydrogen) atoms. The molecule has 0 aliphatic carbocycles. The number of non-ortho nitro benzene ring substituents is 1. The van der Waals surface area contributed by atoms with Crippen LogP contribution in [0.2, 0.25) is 0 Å². The van der Waals surface area contributed by atoms with Gasteiger partial charge >= 0.3 is 0 Å². The summed E-state index contributed by atoms with van der Waals surface area (Å²) < 4.78 is 5.49. The Bertz CT molecular complexity index is 1050. The molecule has 2 aromatic carbocycles. The van der Waals surface area contributed by atoms with Crippen molar-refractivity contribution in [3.05, 3.63) is 62.7 Å². The molecule has 2 aromatic rings. The summed E-state index contributed by atoms with van der Waals surface area (Å²) in [6.07, 6.45) is 3.21. The van der Waals surface area contributed by atoms with Gasteiger partial charge < -0.3 is 19.4 Å². The molecule has 2 saturated heterocycles. The van der Waals surface area contributed by atoms with Crippen LogP contribution in [-0.2, 0) is 4.79 Å². The van der Waals surface area contributed by atoms with Gasteiger partial charge in [0, 0.05) is 63.2 Å². The highest BCUT2D eigenvalue weighted by Gasteiger charge is 2.26. The fourth-order valence-corrected chi connectivity index (χ4v) is 4.37. The Balaban J connectivity index is 1.34. The van der Waals surface area contributed by atoms with E-state index in [1.54, 1.807) is 17.0 Å². The van der Waals surface area contributed by atoms with Crippen LogP contribution in [0.3, 0.4) is 0 Å². The molecule has 11 nitrogen and oxygen atoms in total. The number of hydrogen-bond donors (Lipinski definition) is 0. The van der Waals surface area contributed by atoms with Crippen LogP contribution in [0.25, 0.3) is 0 Å². The number of carbonyl (C=O) groups excluding carboxylic acids is 1. The van der Waals surface area contributed by atoms with Crippen LogP contribution in [0.5, 0.6) is 5.75 Å². The van der Waals surface area contributed by atoms with E-state index >= 15 is 0 Å². The fraction of sp³-hybridized carbons (Fsp3) is 0.435. The van der Waals surface area contributed by atoms with Gasteiger partial charge in [-0.3, -0.25) is 25.0 Å². The van der Waals surface area contributed by atoms with Crippen molar-refractivity contribution in [2.45, 2.75) is 19.3 Å². The quantitative estimate of drug-likeness (QED) is 0.447. The highest BCUT2D eigenvalue weighted by Crippen LogP contribution is 2.34. The second-order valence-electron chi connectivity index (χ2n) is 8.39. The van der Waals surface area contributed by atoms with Gasteiger partial charge in [-0.1, -0.05) is 0 Å². The largest absolute Gasteiger partial charge is 0.484 e. The molecular weight excluding hydrogens is 442 g/mol. The SMILES string of the molecule is O=C(COc1ccc([N+](=O)[O-])cc1)N1CCN(c2ccc([N+](=O)[O-])c(N3CCCCC3)c2)CC1. The molecule has 2 heterocycles. The predicted molar refractivity (Wildman–Crippen MR) is 127 cm³/mol. The van der Waals surface area contributed by atoms with Gasteiger partial charge in [0.15, 0.2) is 6.61 Å². The van der Waals surface area contributed by atoms with Gasteiger partial charge in [-0.2, -0.15) is 0 Å². The van der Waals surface area contributed by atoms with Crippen LogP contribution in [0.15, 0.2) is 42.5 Å². The minimum absolute atomic E-state index is 0.0375. The van der Waals surface area contributed by atoms with Gasteiger partial charge in [-0.25, -0.2) is 0 Å². The van der Waals surface area contributed by atoms with Crippen LogP contribution < -0.4 is 14.5 Å². The molecule has 4 rings (SSSR count). The van der Waals surface area contributed by atoms with Crippen molar-refractivity contribution in [3.8, 4) is 5.75 Å². The average Bonchev–Trinajstić information content (AvgIpc) is 2.87. The minimum atomic E-state index is -0.491. The zero-order valence-electron chi connectivity index (χ0n) is 18.8. The average molecular weight is 469 g/mol. The van der Waals surface area contributed by atoms with Crippen LogP contribution in [0.4, 0.5) is 22.7 Å². The lowest BCUT2D eigenvalue weighted by Crippen LogP contribution is -2.50. The van der Waals surface area contributed by atoms with Gasteiger partial charge in [0.25, 0.3) is 17.3 Å². The van der Waals surface area contributed by atoms with E-state index in [0.29, 0.717) is 37.6 Å². The maximum absolute atomic E-state index is 12.6. The Hall–Kier alpha value is -3.89. The summed E-state index contributed by atoms with van der Waals surface area (Å²) in [5.41, 5.74) is 1.67. The van der Waals surface area contributed by atoms with Gasteiger partial charge in [0.05, 0.1) is 9.85 Å². The monoisotopic (exact) mass is 469 g/mol. The van der Waals surface area contributed by atoms with E-state index in [2.05, 4.69) is 9.80 Å². The fourth-order valence-electron chi connectivity index (χ4n) is 4.37. The molecule has 0 bridgehead atoms. The van der Waals surface area contributed by atoms with E-state index in [0.717, 1.165) is 38.0 Å². The first-order valence-electron chi connectivity index (χ1n) is 11.4. The van der Waals surface area contributed by atoms with E-state index in [1.807, 2.05) is 6.07 Å². The number of anilines is 2. The number of piperazine rings is 1. The van der Waals surface area contributed by atoms with Crippen LogP contribution >= 0.6 is 0 Å². The van der Waals surface area contributed by atoms with Crippen molar-refractivity contribution >= 4 is 28.7 Å². The van der Waals surface area contributed by atoms with Gasteiger partial charge in [0.1, 0.15) is 11.4 Å². The Morgan fingerprint density at radius 3 is 2.12 bits per heavy atom. The third-order valence-electron chi connectivity index (χ3n) is 6.26. The minimum Gasteiger partial charge on any atom is -0.484 e. The number of hydrogen-bond acceptors (Lipinski definition) is 8. The van der Waals surface area contributed by atoms with E-state index in [4.69, 9.17) is 4.74 Å². The van der Waals surface area contributed by atoms with E-state index in [-0.39, 0.29) is 28.8 Å². The Labute approximate surface area is 196 Å². The summed E-state index contributed by atoms with van der Waals surface area (Å²) in [7, 11) is 0. The molecule has 0 saturated carbocycles. The molecular formula is C23H27N5O6. The summed E-state index contributed by atoms with van der Waals surface area (Å²) in [5.74, 6) is 0.240. The molecule has 2 aliphatic rings. The van der Waals surface area contributed by atoms with Crippen molar-refractivity contribution in [2.75, 3.05) is 55.7 Å². The Morgan fingerprint density at radius 2 is 1.50 bits per heavy atom. The number of amides is 1. The number of benzene rings is 2. The van der Waals surface area contributed by atoms with Gasteiger partial charge in [0.2, 0.25) is 0 Å². The molecule has 1 amide bonds. The summed E-state index contributed by atoms with van der Waals surface area (Å²) in [5, 5.41) is 22.3. The third-order valence-corrected chi connectivity index (χ3v) is 6.26. The van der Waals surface area contributed by atoms with Gasteiger partial charge in [-0.05, 0) is 43.5 Å². The molecule has 0 spiro atoms. The molecule has 0 atom stereocenters. The number of nitro benzene ring substituents is 2. The lowest BCUT2D eigenvalue weighted by atomic mass is 10.1. The van der Waals surface area contributed by atoms with Crippen molar-refractivity contribution in [3.63, 3.8) is 0 Å². The van der Waals surface area contributed by atoms with Crippen molar-refractivity contribution in [1.82, 2.24) is 4.90 Å². The lowest BCUT2D eigenvalue weighted by Gasteiger charge is -2.36. The highest BCUT2D eigenvalue weighted by molar-refractivity contribution is 5.78. The lowest BCUT2D eigenvalue weighted by molar-refractivity contribution is -0.384. The molecule has 180 valence electrons. The first-order valence-corrected chi connectivity index (χ1v) is 11.4. The second-order valence-corrected chi connectivity index (χ2v) is 8.39. The van der Waals surface area contributed by atoms with Crippen LogP contribution in [-0.4, -0.2) is 66.5 Å². The summed E-state index contributed by atoms with van der Waals surface area (Å²) in [6.45, 7) is 3.75. The van der Waals surface area contributed by atoms with Gasteiger partial charge in [-0.15, -0.1) is 0 Å². The first-order chi connectivity index (χ1) is 16.4. The summed E-state index contributed by atoms with van der Waals surface area (Å²) >= 11 is 0. The topological polar surface area (TPSA) is 122 Å². The normalized spacial score (nSPS) is 16.3. The van der Waals surface area contributed by atoms with Crippen molar-refractivity contribution in [1.29, 1.82) is 0 Å². The Morgan fingerprint density at radius 1 is 0.824 bits per heavy atom. The first kappa shape index (κ1) is 23.3. The molecule has 0 radical (unpaired) electrons. The standard InChI is InChI=1S/C23H27N5O6/c29-23(17-34-20-7-4-18(5-8-20)27(30)31)26-14-12-24(13-15-26)19-6-9-21(28(32)33)22(16-19)25-10-2-1-3-11-25/h4-9,16H,1-3,10-15,17H2. The molecule has 0 unspecified atom stereocenters. The number of carbonyl (C=O) groups is 1. The second kappa shape index (κ2) is 10.4. The Kier molecular flexibility index (Phi) is 7.09. The maximum atomic E-state index is 12.6. The smallest absolute Gasteiger partial charge is 0.292 e. The summed E-state index contributed by atoms with van der Waals surface area (Å²) in [4.78, 5) is 40.0. The number of nitrogens with zero attached hydrogens (tertiary/aromatic N) is 5. The van der Waals surface area contributed by atoms with Crippen molar-refractivity contribution in [2.24, 2.45) is 0 Å². The number of nitro groups is 2. The van der Waals surface area contributed by atoms with Crippen molar-refractivity contribution < 1.29 is 19.4 Å². The van der Waals surface area contributed by atoms with Crippen LogP contribution in [0, 0.1) is 20.2 Å². The molecule has 0 aromatic heterocycles. The third kappa shape index (κ3) is 5.36.